The third kappa shape index (κ3) is 2.40. The molecule has 1 saturated heterocycles. The first kappa shape index (κ1) is 17.5. The lowest BCUT2D eigenvalue weighted by atomic mass is 9.75. The summed E-state index contributed by atoms with van der Waals surface area (Å²) in [4.78, 5) is 18.3. The zero-order valence-corrected chi connectivity index (χ0v) is 16.3. The molecule has 2 aromatic rings. The molecule has 1 heterocycles. The van der Waals surface area contributed by atoms with E-state index in [2.05, 4.69) is 54.8 Å². The highest BCUT2D eigenvalue weighted by Crippen LogP contribution is 2.48. The Bertz CT molecular complexity index is 837. The molecule has 3 nitrogen and oxygen atoms in total. The molecule has 1 fully saturated rings. The minimum atomic E-state index is -0.321. The second-order valence-electron chi connectivity index (χ2n) is 7.75. The van der Waals surface area contributed by atoms with Crippen LogP contribution >= 0.6 is 0 Å². The van der Waals surface area contributed by atoms with Crippen LogP contribution in [0.15, 0.2) is 30.3 Å². The fourth-order valence-corrected chi connectivity index (χ4v) is 5.12. The van der Waals surface area contributed by atoms with Gasteiger partial charge in [0.15, 0.2) is 5.78 Å². The maximum atomic E-state index is 13.3. The van der Waals surface area contributed by atoms with E-state index in [0.29, 0.717) is 5.78 Å². The fraction of sp³-hybridized carbons (Fsp3) is 0.522. The lowest BCUT2D eigenvalue weighted by Gasteiger charge is -2.28. The van der Waals surface area contributed by atoms with E-state index in [-0.39, 0.29) is 5.41 Å². The third-order valence-electron chi connectivity index (χ3n) is 6.80. The van der Waals surface area contributed by atoms with Crippen molar-refractivity contribution in [1.29, 1.82) is 0 Å². The topological polar surface area (TPSA) is 23.6 Å². The monoisotopic (exact) mass is 350 g/mol. The molecule has 0 amide bonds. The average Bonchev–Trinajstić information content (AvgIpc) is 2.83. The van der Waals surface area contributed by atoms with Gasteiger partial charge in [-0.1, -0.05) is 45.0 Å². The van der Waals surface area contributed by atoms with Gasteiger partial charge in [-0.05, 0) is 49.4 Å². The van der Waals surface area contributed by atoms with Crippen LogP contribution < -0.4 is 4.90 Å². The summed E-state index contributed by atoms with van der Waals surface area (Å²) in [6.45, 7) is 12.1. The Hall–Kier alpha value is -1.87. The van der Waals surface area contributed by atoms with Gasteiger partial charge in [0.1, 0.15) is 0 Å². The van der Waals surface area contributed by atoms with Gasteiger partial charge in [-0.3, -0.25) is 4.79 Å². The van der Waals surface area contributed by atoms with Crippen LogP contribution in [0.2, 0.25) is 0 Å². The molecule has 138 valence electrons. The molecule has 2 aliphatic rings. The number of anilines is 1. The van der Waals surface area contributed by atoms with Crippen LogP contribution in [-0.4, -0.2) is 43.4 Å². The summed E-state index contributed by atoms with van der Waals surface area (Å²) < 4.78 is 0. The molecule has 0 aromatic heterocycles. The van der Waals surface area contributed by atoms with E-state index in [9.17, 15) is 4.79 Å². The second-order valence-corrected chi connectivity index (χ2v) is 7.75. The molecule has 0 atom stereocenters. The average molecular weight is 351 g/mol. The van der Waals surface area contributed by atoms with Gasteiger partial charge < -0.3 is 9.80 Å². The summed E-state index contributed by atoms with van der Waals surface area (Å²) >= 11 is 0. The van der Waals surface area contributed by atoms with E-state index in [4.69, 9.17) is 0 Å². The minimum absolute atomic E-state index is 0.321. The summed E-state index contributed by atoms with van der Waals surface area (Å²) in [6.07, 6.45) is 2.95. The standard InChI is InChI=1S/C23H30N2O/c1-4-23(5-2)19-11-12-20(25-14-8-13-24(6-3)15-16-25)17-9-7-10-18(21(17)19)22(23)26/h7,9-12H,4-6,8,13-16H2,1-3H3. The Labute approximate surface area is 157 Å². The van der Waals surface area contributed by atoms with Gasteiger partial charge in [-0.25, -0.2) is 0 Å². The lowest BCUT2D eigenvalue weighted by Crippen LogP contribution is -2.31. The smallest absolute Gasteiger partial charge is 0.174 e. The largest absolute Gasteiger partial charge is 0.370 e. The molecule has 1 aliphatic heterocycles. The Morgan fingerprint density at radius 3 is 2.50 bits per heavy atom. The number of carbonyl (C=O) groups is 1. The highest BCUT2D eigenvalue weighted by atomic mass is 16.1. The van der Waals surface area contributed by atoms with E-state index in [1.54, 1.807) is 0 Å². The molecule has 3 heteroatoms. The van der Waals surface area contributed by atoms with Crippen molar-refractivity contribution in [1.82, 2.24) is 4.90 Å². The van der Waals surface area contributed by atoms with Gasteiger partial charge >= 0.3 is 0 Å². The number of rotatable bonds is 4. The Morgan fingerprint density at radius 2 is 1.77 bits per heavy atom. The number of benzene rings is 2. The summed E-state index contributed by atoms with van der Waals surface area (Å²) in [7, 11) is 0. The van der Waals surface area contributed by atoms with Crippen molar-refractivity contribution in [3.8, 4) is 0 Å². The number of ketones is 1. The molecule has 0 saturated carbocycles. The fourth-order valence-electron chi connectivity index (χ4n) is 5.12. The van der Waals surface area contributed by atoms with Crippen molar-refractivity contribution in [2.45, 2.75) is 45.4 Å². The molecule has 0 unspecified atom stereocenters. The molecule has 4 rings (SSSR count). The van der Waals surface area contributed by atoms with Gasteiger partial charge in [0.2, 0.25) is 0 Å². The van der Waals surface area contributed by atoms with Gasteiger partial charge in [0.25, 0.3) is 0 Å². The van der Waals surface area contributed by atoms with E-state index >= 15 is 0 Å². The van der Waals surface area contributed by atoms with E-state index in [1.165, 1.54) is 35.0 Å². The minimum Gasteiger partial charge on any atom is -0.370 e. The molecule has 2 aromatic carbocycles. The molecular formula is C23H30N2O. The molecule has 1 aliphatic carbocycles. The quantitative estimate of drug-likeness (QED) is 0.803. The van der Waals surface area contributed by atoms with Crippen molar-refractivity contribution >= 4 is 22.2 Å². The van der Waals surface area contributed by atoms with Gasteiger partial charge in [-0.15, -0.1) is 0 Å². The van der Waals surface area contributed by atoms with Crippen molar-refractivity contribution in [3.05, 3.63) is 41.5 Å². The van der Waals surface area contributed by atoms with Crippen LogP contribution in [0.5, 0.6) is 0 Å². The zero-order chi connectivity index (χ0) is 18.3. The predicted molar refractivity (Wildman–Crippen MR) is 109 cm³/mol. The summed E-state index contributed by atoms with van der Waals surface area (Å²) in [6, 6.07) is 10.9. The molecule has 26 heavy (non-hydrogen) atoms. The summed E-state index contributed by atoms with van der Waals surface area (Å²) in [5.74, 6) is 0.327. The van der Waals surface area contributed by atoms with Gasteiger partial charge in [0, 0.05) is 36.3 Å². The second kappa shape index (κ2) is 6.70. The maximum absolute atomic E-state index is 13.3. The van der Waals surface area contributed by atoms with Crippen molar-refractivity contribution in [2.75, 3.05) is 37.6 Å². The maximum Gasteiger partial charge on any atom is 0.174 e. The highest BCUT2D eigenvalue weighted by molar-refractivity contribution is 6.22. The molecule has 0 radical (unpaired) electrons. The first-order chi connectivity index (χ1) is 12.7. The van der Waals surface area contributed by atoms with E-state index < -0.39 is 0 Å². The van der Waals surface area contributed by atoms with E-state index in [1.807, 2.05) is 6.07 Å². The summed E-state index contributed by atoms with van der Waals surface area (Å²) in [5.41, 5.74) is 3.18. The van der Waals surface area contributed by atoms with Gasteiger partial charge in [-0.2, -0.15) is 0 Å². The first-order valence-corrected chi connectivity index (χ1v) is 10.2. The SMILES string of the molecule is CCN1CCCN(c2ccc3c4c(cccc24)C(=O)C3(CC)CC)CC1. The first-order valence-electron chi connectivity index (χ1n) is 10.2. The lowest BCUT2D eigenvalue weighted by molar-refractivity contribution is 0.0886. The Kier molecular flexibility index (Phi) is 4.52. The van der Waals surface area contributed by atoms with Crippen LogP contribution in [-0.2, 0) is 5.41 Å². The Balaban J connectivity index is 1.84. The number of carbonyl (C=O) groups excluding carboxylic acids is 1. The predicted octanol–water partition coefficient (Wildman–Crippen LogP) is 4.63. The summed E-state index contributed by atoms with van der Waals surface area (Å²) in [5, 5.41) is 2.48. The Morgan fingerprint density at radius 1 is 0.962 bits per heavy atom. The van der Waals surface area contributed by atoms with Crippen LogP contribution in [0.4, 0.5) is 5.69 Å². The van der Waals surface area contributed by atoms with Crippen molar-refractivity contribution < 1.29 is 4.79 Å². The molecule has 0 spiro atoms. The molecule has 0 N–H and O–H groups in total. The number of hydrogen-bond acceptors (Lipinski definition) is 3. The van der Waals surface area contributed by atoms with E-state index in [0.717, 1.165) is 44.6 Å². The van der Waals surface area contributed by atoms with Crippen LogP contribution in [0, 0.1) is 0 Å². The van der Waals surface area contributed by atoms with Crippen LogP contribution in [0.3, 0.4) is 0 Å². The third-order valence-corrected chi connectivity index (χ3v) is 6.80. The zero-order valence-electron chi connectivity index (χ0n) is 16.3. The van der Waals surface area contributed by atoms with Crippen LogP contribution in [0.25, 0.3) is 10.8 Å². The highest BCUT2D eigenvalue weighted by Gasteiger charge is 2.44. The van der Waals surface area contributed by atoms with Crippen LogP contribution in [0.1, 0.15) is 56.0 Å². The molecular weight excluding hydrogens is 320 g/mol. The molecule has 0 bridgehead atoms. The van der Waals surface area contributed by atoms with Crippen molar-refractivity contribution in [2.24, 2.45) is 0 Å². The normalized spacial score (nSPS) is 20.0. The van der Waals surface area contributed by atoms with Crippen molar-refractivity contribution in [3.63, 3.8) is 0 Å². The number of nitrogens with zero attached hydrogens (tertiary/aromatic N) is 2. The number of hydrogen-bond donors (Lipinski definition) is 0. The number of likely N-dealkylation sites (N-methyl/N-ethyl adjacent to an activating group) is 1. The van der Waals surface area contributed by atoms with Gasteiger partial charge in [0.05, 0.1) is 5.41 Å². The number of Topliss-reactive ketones (excluding diaryl/α,β-unsaturated/α-hetero) is 1.